The molecule has 1 saturated carbocycles. The number of carbonyl (C=O) groups excluding carboxylic acids is 1. The van der Waals surface area contributed by atoms with Crippen molar-refractivity contribution < 1.29 is 13.2 Å². The first-order valence-electron chi connectivity index (χ1n) is 9.29. The molecule has 1 heterocycles. The van der Waals surface area contributed by atoms with Gasteiger partial charge in [-0.2, -0.15) is 4.31 Å². The van der Waals surface area contributed by atoms with Crippen LogP contribution < -0.4 is 5.32 Å². The van der Waals surface area contributed by atoms with E-state index in [-0.39, 0.29) is 18.5 Å². The van der Waals surface area contributed by atoms with E-state index in [1.807, 2.05) is 24.3 Å². The highest BCUT2D eigenvalue weighted by atomic mass is 32.2. The summed E-state index contributed by atoms with van der Waals surface area (Å²) >= 11 is 0. The third-order valence-corrected chi connectivity index (χ3v) is 6.62. The molecular weight excluding hydrogens is 336 g/mol. The maximum absolute atomic E-state index is 12.9. The minimum Gasteiger partial charge on any atom is -0.352 e. The quantitative estimate of drug-likeness (QED) is 0.896. The molecule has 1 aliphatic heterocycles. The van der Waals surface area contributed by atoms with Crippen LogP contribution in [-0.4, -0.2) is 37.0 Å². The first-order chi connectivity index (χ1) is 11.9. The number of hydrogen-bond donors (Lipinski definition) is 1. The third-order valence-electron chi connectivity index (χ3n) is 5.39. The van der Waals surface area contributed by atoms with Gasteiger partial charge >= 0.3 is 0 Å². The van der Waals surface area contributed by atoms with Crippen molar-refractivity contribution in [2.24, 2.45) is 0 Å². The van der Waals surface area contributed by atoms with Gasteiger partial charge in [0.1, 0.15) is 6.04 Å². The van der Waals surface area contributed by atoms with Crippen LogP contribution in [0.15, 0.2) is 24.3 Å². The van der Waals surface area contributed by atoms with Crippen molar-refractivity contribution in [3.8, 4) is 0 Å². The smallest absolute Gasteiger partial charge is 0.239 e. The van der Waals surface area contributed by atoms with Crippen molar-refractivity contribution in [1.82, 2.24) is 9.62 Å². The number of fused-ring (bicyclic) bond motifs is 1. The molecule has 0 saturated heterocycles. The SMILES string of the molecule is CS(=O)(=O)N1Cc2ccccc2CC1C(=O)NC1CCCCCCC1. The molecule has 6 heteroatoms. The first kappa shape index (κ1) is 18.4. The standard InChI is InChI=1S/C19H28N2O3S/c1-25(23,24)21-14-16-10-8-7-9-15(16)13-18(21)19(22)20-17-11-5-3-2-4-6-12-17/h7-10,17-18H,2-6,11-14H2,1H3,(H,20,22). The summed E-state index contributed by atoms with van der Waals surface area (Å²) in [4.78, 5) is 12.9. The third kappa shape index (κ3) is 4.61. The molecule has 1 unspecified atom stereocenters. The average molecular weight is 365 g/mol. The van der Waals surface area contributed by atoms with E-state index in [0.717, 1.165) is 36.8 Å². The van der Waals surface area contributed by atoms with Gasteiger partial charge in [-0.25, -0.2) is 8.42 Å². The van der Waals surface area contributed by atoms with E-state index in [2.05, 4.69) is 5.32 Å². The summed E-state index contributed by atoms with van der Waals surface area (Å²) in [6.07, 6.45) is 9.61. The van der Waals surface area contributed by atoms with Gasteiger partial charge in [0.15, 0.2) is 0 Å². The zero-order valence-corrected chi connectivity index (χ0v) is 15.7. The van der Waals surface area contributed by atoms with Crippen LogP contribution in [0.25, 0.3) is 0 Å². The van der Waals surface area contributed by atoms with Crippen molar-refractivity contribution >= 4 is 15.9 Å². The Bertz CT molecular complexity index is 709. The van der Waals surface area contributed by atoms with E-state index in [1.165, 1.54) is 29.8 Å². The maximum atomic E-state index is 12.9. The number of amides is 1. The summed E-state index contributed by atoms with van der Waals surface area (Å²) in [5.74, 6) is -0.148. The molecule has 0 aromatic heterocycles. The first-order valence-corrected chi connectivity index (χ1v) is 11.1. The molecule has 1 amide bonds. The number of benzene rings is 1. The van der Waals surface area contributed by atoms with Gasteiger partial charge in [0, 0.05) is 12.6 Å². The number of sulfonamides is 1. The van der Waals surface area contributed by atoms with Gasteiger partial charge < -0.3 is 5.32 Å². The number of nitrogens with one attached hydrogen (secondary N) is 1. The Balaban J connectivity index is 1.76. The predicted octanol–water partition coefficient (Wildman–Crippen LogP) is 2.60. The van der Waals surface area contributed by atoms with Gasteiger partial charge in [0.2, 0.25) is 15.9 Å². The molecular formula is C19H28N2O3S. The van der Waals surface area contributed by atoms with Crippen LogP contribution in [0.5, 0.6) is 0 Å². The van der Waals surface area contributed by atoms with Crippen LogP contribution in [0.2, 0.25) is 0 Å². The van der Waals surface area contributed by atoms with Crippen LogP contribution >= 0.6 is 0 Å². The summed E-state index contributed by atoms with van der Waals surface area (Å²) in [7, 11) is -3.44. The zero-order chi connectivity index (χ0) is 17.9. The molecule has 0 radical (unpaired) electrons. The number of hydrogen-bond acceptors (Lipinski definition) is 3. The minimum absolute atomic E-state index is 0.148. The van der Waals surface area contributed by atoms with Crippen LogP contribution in [-0.2, 0) is 27.8 Å². The van der Waals surface area contributed by atoms with Gasteiger partial charge in [-0.3, -0.25) is 4.79 Å². The fourth-order valence-electron chi connectivity index (χ4n) is 3.97. The Morgan fingerprint density at radius 3 is 2.28 bits per heavy atom. The second-order valence-electron chi connectivity index (χ2n) is 7.35. The lowest BCUT2D eigenvalue weighted by Gasteiger charge is -2.35. The van der Waals surface area contributed by atoms with Crippen molar-refractivity contribution in [1.29, 1.82) is 0 Å². The van der Waals surface area contributed by atoms with E-state index < -0.39 is 16.1 Å². The number of rotatable bonds is 3. The molecule has 3 rings (SSSR count). The molecule has 138 valence electrons. The number of carbonyl (C=O) groups is 1. The van der Waals surface area contributed by atoms with Crippen molar-refractivity contribution in [2.45, 2.75) is 70.0 Å². The Labute approximate surface area is 150 Å². The molecule has 1 atom stereocenters. The zero-order valence-electron chi connectivity index (χ0n) is 14.9. The maximum Gasteiger partial charge on any atom is 0.239 e. The van der Waals surface area contributed by atoms with Gasteiger partial charge in [-0.15, -0.1) is 0 Å². The Hall–Kier alpha value is -1.40. The lowest BCUT2D eigenvalue weighted by Crippen LogP contribution is -2.54. The fourth-order valence-corrected chi connectivity index (χ4v) is 4.97. The molecule has 1 aliphatic carbocycles. The summed E-state index contributed by atoms with van der Waals surface area (Å²) < 4.78 is 25.9. The van der Waals surface area contributed by atoms with E-state index in [1.54, 1.807) is 0 Å². The van der Waals surface area contributed by atoms with Gasteiger partial charge in [0.05, 0.1) is 6.26 Å². The van der Waals surface area contributed by atoms with Crippen LogP contribution in [0, 0.1) is 0 Å². The van der Waals surface area contributed by atoms with E-state index in [4.69, 9.17) is 0 Å². The number of nitrogens with zero attached hydrogens (tertiary/aromatic N) is 1. The predicted molar refractivity (Wildman–Crippen MR) is 98.6 cm³/mol. The minimum atomic E-state index is -3.44. The van der Waals surface area contributed by atoms with Crippen molar-refractivity contribution in [2.75, 3.05) is 6.26 Å². The molecule has 1 aromatic rings. The highest BCUT2D eigenvalue weighted by Gasteiger charge is 2.37. The lowest BCUT2D eigenvalue weighted by atomic mass is 9.94. The lowest BCUT2D eigenvalue weighted by molar-refractivity contribution is -0.126. The van der Waals surface area contributed by atoms with E-state index in [9.17, 15) is 13.2 Å². The fraction of sp³-hybridized carbons (Fsp3) is 0.632. The molecule has 0 bridgehead atoms. The van der Waals surface area contributed by atoms with E-state index >= 15 is 0 Å². The average Bonchev–Trinajstić information content (AvgIpc) is 2.55. The Morgan fingerprint density at radius 1 is 1.04 bits per heavy atom. The van der Waals surface area contributed by atoms with E-state index in [0.29, 0.717) is 6.42 Å². The second kappa shape index (κ2) is 7.87. The molecule has 1 aromatic carbocycles. The van der Waals surface area contributed by atoms with Crippen LogP contribution in [0.3, 0.4) is 0 Å². The topological polar surface area (TPSA) is 66.5 Å². The van der Waals surface area contributed by atoms with Crippen molar-refractivity contribution in [3.05, 3.63) is 35.4 Å². The Morgan fingerprint density at radius 2 is 1.64 bits per heavy atom. The molecule has 1 N–H and O–H groups in total. The summed E-state index contributed by atoms with van der Waals surface area (Å²) in [6, 6.07) is 7.32. The van der Waals surface area contributed by atoms with Gasteiger partial charge in [0.25, 0.3) is 0 Å². The molecule has 5 nitrogen and oxygen atoms in total. The van der Waals surface area contributed by atoms with Crippen LogP contribution in [0.1, 0.15) is 56.1 Å². The summed E-state index contributed by atoms with van der Waals surface area (Å²) in [6.45, 7) is 0.276. The largest absolute Gasteiger partial charge is 0.352 e. The molecule has 1 fully saturated rings. The Kier molecular flexibility index (Phi) is 5.79. The summed E-state index contributed by atoms with van der Waals surface area (Å²) in [5, 5.41) is 3.14. The molecule has 2 aliphatic rings. The highest BCUT2D eigenvalue weighted by Crippen LogP contribution is 2.26. The normalized spacial score (nSPS) is 23.3. The molecule has 25 heavy (non-hydrogen) atoms. The van der Waals surface area contributed by atoms with Gasteiger partial charge in [-0.05, 0) is 30.4 Å². The van der Waals surface area contributed by atoms with Crippen molar-refractivity contribution in [3.63, 3.8) is 0 Å². The summed E-state index contributed by atoms with van der Waals surface area (Å²) in [5.41, 5.74) is 2.06. The van der Waals surface area contributed by atoms with Crippen LogP contribution in [0.4, 0.5) is 0 Å². The monoisotopic (exact) mass is 364 g/mol. The van der Waals surface area contributed by atoms with Gasteiger partial charge in [-0.1, -0.05) is 56.4 Å². The molecule has 0 spiro atoms. The highest BCUT2D eigenvalue weighted by molar-refractivity contribution is 7.88. The second-order valence-corrected chi connectivity index (χ2v) is 9.28.